The smallest absolute Gasteiger partial charge is 0.220 e. The van der Waals surface area contributed by atoms with E-state index in [4.69, 9.17) is 9.47 Å². The number of aromatic nitrogens is 2. The molecule has 0 aliphatic rings. The van der Waals surface area contributed by atoms with Crippen molar-refractivity contribution in [3.8, 4) is 17.2 Å². The maximum Gasteiger partial charge on any atom is 0.220 e. The number of carbonyl (C=O) groups is 1. The number of aryl methyl sites for hydroxylation is 1. The Hall–Kier alpha value is -3.28. The lowest BCUT2D eigenvalue weighted by molar-refractivity contribution is -0.121. The Kier molecular flexibility index (Phi) is 7.28. The van der Waals surface area contributed by atoms with Crippen molar-refractivity contribution in [1.82, 2.24) is 14.9 Å². The summed E-state index contributed by atoms with van der Waals surface area (Å²) in [7, 11) is 0. The predicted octanol–water partition coefficient (Wildman–Crippen LogP) is 3.92. The summed E-state index contributed by atoms with van der Waals surface area (Å²) in [5.41, 5.74) is 3.10. The molecule has 3 aromatic rings. The van der Waals surface area contributed by atoms with Crippen molar-refractivity contribution in [2.24, 2.45) is 0 Å². The lowest BCUT2D eigenvalue weighted by atomic mass is 10.1. The third-order valence-corrected chi connectivity index (χ3v) is 4.50. The van der Waals surface area contributed by atoms with E-state index in [1.165, 1.54) is 0 Å². The number of ether oxygens (including phenoxy) is 2. The molecule has 0 aliphatic heterocycles. The molecule has 2 aromatic carbocycles. The molecule has 1 N–H and O–H groups in total. The molecule has 1 amide bonds. The van der Waals surface area contributed by atoms with Gasteiger partial charge in [0.2, 0.25) is 5.91 Å². The molecule has 0 fully saturated rings. The highest BCUT2D eigenvalue weighted by Gasteiger charge is 2.09. The molecule has 6 nitrogen and oxygen atoms in total. The highest BCUT2D eigenvalue weighted by atomic mass is 16.5. The zero-order valence-electron chi connectivity index (χ0n) is 16.9. The van der Waals surface area contributed by atoms with Gasteiger partial charge in [-0.1, -0.05) is 24.3 Å². The Balaban J connectivity index is 1.57. The van der Waals surface area contributed by atoms with Gasteiger partial charge < -0.3 is 19.4 Å². The van der Waals surface area contributed by atoms with E-state index in [9.17, 15) is 4.79 Å². The second-order valence-electron chi connectivity index (χ2n) is 6.52. The van der Waals surface area contributed by atoms with Crippen molar-refractivity contribution < 1.29 is 14.3 Å². The summed E-state index contributed by atoms with van der Waals surface area (Å²) >= 11 is 0. The van der Waals surface area contributed by atoms with Gasteiger partial charge in [-0.25, -0.2) is 4.98 Å². The van der Waals surface area contributed by atoms with Crippen LogP contribution in [0.4, 0.5) is 0 Å². The van der Waals surface area contributed by atoms with E-state index in [2.05, 4.69) is 10.3 Å². The first-order chi connectivity index (χ1) is 14.2. The van der Waals surface area contributed by atoms with E-state index in [1.807, 2.05) is 67.1 Å². The van der Waals surface area contributed by atoms with Crippen LogP contribution < -0.4 is 14.8 Å². The summed E-state index contributed by atoms with van der Waals surface area (Å²) in [6.07, 6.45) is 6.43. The van der Waals surface area contributed by atoms with Gasteiger partial charge >= 0.3 is 0 Å². The second-order valence-corrected chi connectivity index (χ2v) is 6.52. The first kappa shape index (κ1) is 20.5. The van der Waals surface area contributed by atoms with Gasteiger partial charge in [-0.15, -0.1) is 0 Å². The van der Waals surface area contributed by atoms with Crippen molar-refractivity contribution >= 4 is 5.91 Å². The monoisotopic (exact) mass is 393 g/mol. The van der Waals surface area contributed by atoms with E-state index >= 15 is 0 Å². The van der Waals surface area contributed by atoms with Gasteiger partial charge in [0, 0.05) is 25.4 Å². The summed E-state index contributed by atoms with van der Waals surface area (Å²) in [5, 5.41) is 3.01. The maximum absolute atomic E-state index is 12.4. The van der Waals surface area contributed by atoms with Gasteiger partial charge in [-0.05, 0) is 49.6 Å². The SMILES string of the molecule is CCOc1ccc(CCC(=O)NCc2ccccc2-n2ccnc2)cc1OCC. The van der Waals surface area contributed by atoms with Gasteiger partial charge in [-0.3, -0.25) is 4.79 Å². The van der Waals surface area contributed by atoms with Crippen LogP contribution in [0.5, 0.6) is 11.5 Å². The molecule has 0 saturated heterocycles. The Morgan fingerprint density at radius 1 is 1.07 bits per heavy atom. The van der Waals surface area contributed by atoms with Crippen LogP contribution >= 0.6 is 0 Å². The average Bonchev–Trinajstić information content (AvgIpc) is 3.27. The second kappa shape index (κ2) is 10.3. The number of carbonyl (C=O) groups excluding carboxylic acids is 1. The molecule has 0 radical (unpaired) electrons. The van der Waals surface area contributed by atoms with Crippen LogP contribution in [-0.2, 0) is 17.8 Å². The normalized spacial score (nSPS) is 10.6. The van der Waals surface area contributed by atoms with Crippen LogP contribution in [0.15, 0.2) is 61.2 Å². The number of nitrogens with zero attached hydrogens (tertiary/aromatic N) is 2. The minimum absolute atomic E-state index is 0.0114. The average molecular weight is 393 g/mol. The third kappa shape index (κ3) is 5.60. The summed E-state index contributed by atoms with van der Waals surface area (Å²) in [6, 6.07) is 13.8. The summed E-state index contributed by atoms with van der Waals surface area (Å²) in [5.74, 6) is 1.47. The number of para-hydroxylation sites is 1. The first-order valence-electron chi connectivity index (χ1n) is 9.92. The molecular formula is C23H27N3O3. The van der Waals surface area contributed by atoms with E-state index < -0.39 is 0 Å². The molecule has 0 saturated carbocycles. The number of imidazole rings is 1. The summed E-state index contributed by atoms with van der Waals surface area (Å²) in [4.78, 5) is 16.5. The molecule has 0 unspecified atom stereocenters. The summed E-state index contributed by atoms with van der Waals surface area (Å²) < 4.78 is 13.2. The van der Waals surface area contributed by atoms with Gasteiger partial charge in [0.15, 0.2) is 11.5 Å². The van der Waals surface area contributed by atoms with Gasteiger partial charge in [0.1, 0.15) is 0 Å². The lowest BCUT2D eigenvalue weighted by Crippen LogP contribution is -2.23. The molecule has 1 aromatic heterocycles. The molecule has 0 atom stereocenters. The van der Waals surface area contributed by atoms with Crippen molar-refractivity contribution in [3.05, 3.63) is 72.3 Å². The Morgan fingerprint density at radius 2 is 1.86 bits per heavy atom. The Bertz CT molecular complexity index is 923. The van der Waals surface area contributed by atoms with Crippen LogP contribution in [-0.4, -0.2) is 28.7 Å². The van der Waals surface area contributed by atoms with Crippen LogP contribution in [0.1, 0.15) is 31.4 Å². The van der Waals surface area contributed by atoms with Crippen molar-refractivity contribution in [2.45, 2.75) is 33.2 Å². The minimum atomic E-state index is 0.0114. The molecule has 1 heterocycles. The lowest BCUT2D eigenvalue weighted by Gasteiger charge is -2.13. The van der Waals surface area contributed by atoms with E-state index in [0.29, 0.717) is 32.6 Å². The minimum Gasteiger partial charge on any atom is -0.490 e. The Morgan fingerprint density at radius 3 is 2.62 bits per heavy atom. The highest BCUT2D eigenvalue weighted by Crippen LogP contribution is 2.29. The molecular weight excluding hydrogens is 366 g/mol. The quantitative estimate of drug-likeness (QED) is 0.567. The Labute approximate surface area is 171 Å². The molecule has 6 heteroatoms. The summed E-state index contributed by atoms with van der Waals surface area (Å²) in [6.45, 7) is 5.51. The van der Waals surface area contributed by atoms with Crippen molar-refractivity contribution in [1.29, 1.82) is 0 Å². The zero-order chi connectivity index (χ0) is 20.5. The molecule has 0 aliphatic carbocycles. The standard InChI is InChI=1S/C23H27N3O3/c1-3-28-21-11-9-18(15-22(21)29-4-2)10-12-23(27)25-16-19-7-5-6-8-20(19)26-14-13-24-17-26/h5-9,11,13-15,17H,3-4,10,12,16H2,1-2H3,(H,25,27). The fourth-order valence-electron chi connectivity index (χ4n) is 3.10. The zero-order valence-corrected chi connectivity index (χ0v) is 16.9. The molecule has 0 spiro atoms. The molecule has 0 bridgehead atoms. The number of nitrogens with one attached hydrogen (secondary N) is 1. The van der Waals surface area contributed by atoms with Crippen LogP contribution in [0.25, 0.3) is 5.69 Å². The maximum atomic E-state index is 12.4. The van der Waals surface area contributed by atoms with E-state index in [0.717, 1.165) is 28.3 Å². The largest absolute Gasteiger partial charge is 0.490 e. The van der Waals surface area contributed by atoms with Crippen LogP contribution in [0.3, 0.4) is 0 Å². The molecule has 29 heavy (non-hydrogen) atoms. The van der Waals surface area contributed by atoms with E-state index in [-0.39, 0.29) is 5.91 Å². The number of amides is 1. The highest BCUT2D eigenvalue weighted by molar-refractivity contribution is 5.76. The van der Waals surface area contributed by atoms with E-state index in [1.54, 1.807) is 12.5 Å². The van der Waals surface area contributed by atoms with Gasteiger partial charge in [-0.2, -0.15) is 0 Å². The predicted molar refractivity (Wildman–Crippen MR) is 113 cm³/mol. The fourth-order valence-corrected chi connectivity index (χ4v) is 3.10. The first-order valence-corrected chi connectivity index (χ1v) is 9.92. The van der Waals surface area contributed by atoms with Crippen molar-refractivity contribution in [3.63, 3.8) is 0 Å². The third-order valence-electron chi connectivity index (χ3n) is 4.50. The number of benzene rings is 2. The van der Waals surface area contributed by atoms with Crippen LogP contribution in [0, 0.1) is 0 Å². The number of rotatable bonds is 10. The van der Waals surface area contributed by atoms with Crippen LogP contribution in [0.2, 0.25) is 0 Å². The molecule has 3 rings (SSSR count). The fraction of sp³-hybridized carbons (Fsp3) is 0.304. The number of hydrogen-bond acceptors (Lipinski definition) is 4. The number of hydrogen-bond donors (Lipinski definition) is 1. The van der Waals surface area contributed by atoms with Crippen molar-refractivity contribution in [2.75, 3.05) is 13.2 Å². The topological polar surface area (TPSA) is 65.4 Å². The van der Waals surface area contributed by atoms with Gasteiger partial charge in [0.25, 0.3) is 0 Å². The van der Waals surface area contributed by atoms with Gasteiger partial charge in [0.05, 0.1) is 25.2 Å². The molecule has 152 valence electrons.